The van der Waals surface area contributed by atoms with Gasteiger partial charge in [0, 0.05) is 0 Å². The first-order valence-electron chi connectivity index (χ1n) is 3.46. The Hall–Kier alpha value is -0.790. The van der Waals surface area contributed by atoms with E-state index >= 15 is 0 Å². The van der Waals surface area contributed by atoms with Crippen LogP contribution < -0.4 is 5.73 Å². The lowest BCUT2D eigenvalue weighted by Crippen LogP contribution is -1.96. The Balaban J connectivity index is 2.85. The van der Waals surface area contributed by atoms with E-state index in [1.807, 2.05) is 11.6 Å². The Morgan fingerprint density at radius 3 is 3.08 bits per heavy atom. The molecule has 2 aromatic heterocycles. The van der Waals surface area contributed by atoms with Gasteiger partial charge in [-0.05, 0) is 6.92 Å². The molecule has 2 heterocycles. The topological polar surface area (TPSA) is 61.1 Å². The van der Waals surface area contributed by atoms with Crippen molar-refractivity contribution in [3.8, 4) is 0 Å². The van der Waals surface area contributed by atoms with Crippen LogP contribution in [-0.2, 0) is 4.55 Å². The molecule has 0 aliphatic carbocycles. The fraction of sp³-hybridized carbons (Fsp3) is 0.333. The zero-order chi connectivity index (χ0) is 8.72. The number of hydrogen-bond acceptors (Lipinski definition) is 3. The number of aromatic nitrogens is 4. The molecule has 0 aliphatic rings. The van der Waals surface area contributed by atoms with Gasteiger partial charge in [-0.25, -0.2) is 4.68 Å². The maximum absolute atomic E-state index is 5.72. The van der Waals surface area contributed by atoms with E-state index in [9.17, 15) is 0 Å². The number of aryl methyl sites for hydroxylation is 1. The highest BCUT2D eigenvalue weighted by molar-refractivity contribution is 14.1. The highest BCUT2D eigenvalue weighted by Crippen LogP contribution is 2.14. The summed E-state index contributed by atoms with van der Waals surface area (Å²) < 4.78 is 4.36. The standard InChI is InChI=1S/C6H8IN5/c1-4-10-11(3-7)6-5(8)2-9-12(4)6/h2H,3,8H2,1H3. The third-order valence-corrected chi connectivity index (χ3v) is 2.35. The van der Waals surface area contributed by atoms with E-state index in [0.717, 1.165) is 16.0 Å². The maximum atomic E-state index is 5.72. The minimum absolute atomic E-state index is 0.673. The first kappa shape index (κ1) is 7.84. The highest BCUT2D eigenvalue weighted by atomic mass is 127. The van der Waals surface area contributed by atoms with E-state index in [2.05, 4.69) is 32.8 Å². The van der Waals surface area contributed by atoms with Crippen LogP contribution in [0.15, 0.2) is 6.20 Å². The van der Waals surface area contributed by atoms with Gasteiger partial charge >= 0.3 is 0 Å². The van der Waals surface area contributed by atoms with Crippen molar-refractivity contribution in [2.75, 3.05) is 5.73 Å². The Morgan fingerprint density at radius 2 is 2.42 bits per heavy atom. The molecule has 0 saturated heterocycles. The molecule has 12 heavy (non-hydrogen) atoms. The van der Waals surface area contributed by atoms with Gasteiger partial charge in [0.25, 0.3) is 0 Å². The number of anilines is 1. The van der Waals surface area contributed by atoms with Crippen LogP contribution in [0.3, 0.4) is 0 Å². The van der Waals surface area contributed by atoms with Crippen LogP contribution >= 0.6 is 22.6 Å². The largest absolute Gasteiger partial charge is 0.394 e. The maximum Gasteiger partial charge on any atom is 0.178 e. The highest BCUT2D eigenvalue weighted by Gasteiger charge is 2.09. The molecule has 6 heteroatoms. The van der Waals surface area contributed by atoms with Crippen LogP contribution in [0.1, 0.15) is 5.82 Å². The summed E-state index contributed by atoms with van der Waals surface area (Å²) in [5, 5.41) is 8.35. The SMILES string of the molecule is Cc1nn(CI)c2c(N)cnn12. The predicted octanol–water partition coefficient (Wildman–Crippen LogP) is 0.814. The molecule has 2 rings (SSSR count). The van der Waals surface area contributed by atoms with Crippen molar-refractivity contribution in [1.82, 2.24) is 19.4 Å². The second kappa shape index (κ2) is 2.61. The van der Waals surface area contributed by atoms with Gasteiger partial charge in [0.2, 0.25) is 0 Å². The fourth-order valence-electron chi connectivity index (χ4n) is 1.20. The molecule has 0 bridgehead atoms. The molecule has 0 amide bonds. The number of nitrogen functional groups attached to an aromatic ring is 1. The van der Waals surface area contributed by atoms with Crippen LogP contribution in [0.5, 0.6) is 0 Å². The zero-order valence-electron chi connectivity index (χ0n) is 6.53. The Bertz CT molecular complexity index is 415. The summed E-state index contributed by atoms with van der Waals surface area (Å²) in [7, 11) is 0. The van der Waals surface area contributed by atoms with Gasteiger partial charge in [-0.1, -0.05) is 22.6 Å². The average Bonchev–Trinajstić information content (AvgIpc) is 2.56. The number of alkyl halides is 1. The van der Waals surface area contributed by atoms with E-state index in [-0.39, 0.29) is 0 Å². The minimum Gasteiger partial charge on any atom is -0.394 e. The van der Waals surface area contributed by atoms with Gasteiger partial charge < -0.3 is 5.73 Å². The number of fused-ring (bicyclic) bond motifs is 1. The third kappa shape index (κ3) is 0.904. The number of halogens is 1. The van der Waals surface area contributed by atoms with Gasteiger partial charge in [0.1, 0.15) is 5.82 Å². The molecule has 0 unspecified atom stereocenters. The quantitative estimate of drug-likeness (QED) is 0.620. The fourth-order valence-corrected chi connectivity index (χ4v) is 1.67. The Morgan fingerprint density at radius 1 is 1.67 bits per heavy atom. The average molecular weight is 277 g/mol. The molecule has 2 N–H and O–H groups in total. The van der Waals surface area contributed by atoms with Crippen LogP contribution in [0.4, 0.5) is 5.69 Å². The molecule has 5 nitrogen and oxygen atoms in total. The molecule has 64 valence electrons. The summed E-state index contributed by atoms with van der Waals surface area (Å²) in [6.07, 6.45) is 1.65. The summed E-state index contributed by atoms with van der Waals surface area (Å²) in [6, 6.07) is 0. The zero-order valence-corrected chi connectivity index (χ0v) is 8.69. The van der Waals surface area contributed by atoms with Crippen LogP contribution in [0, 0.1) is 6.92 Å². The second-order valence-corrected chi connectivity index (χ2v) is 3.18. The number of hydrogen-bond donors (Lipinski definition) is 1. The van der Waals surface area contributed by atoms with Crippen molar-refractivity contribution in [2.45, 2.75) is 11.5 Å². The molecule has 0 aliphatic heterocycles. The van der Waals surface area contributed by atoms with Crippen molar-refractivity contribution in [3.63, 3.8) is 0 Å². The molecule has 2 aromatic rings. The van der Waals surface area contributed by atoms with E-state index in [1.54, 1.807) is 10.7 Å². The summed E-state index contributed by atoms with van der Waals surface area (Å²) in [5.74, 6) is 0.860. The summed E-state index contributed by atoms with van der Waals surface area (Å²) in [6.45, 7) is 1.90. The van der Waals surface area contributed by atoms with Crippen LogP contribution in [0.2, 0.25) is 0 Å². The molecule has 0 fully saturated rings. The third-order valence-electron chi connectivity index (χ3n) is 1.70. The van der Waals surface area contributed by atoms with Crippen LogP contribution in [-0.4, -0.2) is 19.4 Å². The minimum atomic E-state index is 0.673. The molecule has 0 atom stereocenters. The molecular weight excluding hydrogens is 269 g/mol. The van der Waals surface area contributed by atoms with Gasteiger partial charge in [-0.2, -0.15) is 14.7 Å². The number of nitrogens with two attached hydrogens (primary N) is 1. The van der Waals surface area contributed by atoms with Crippen molar-refractivity contribution in [1.29, 1.82) is 0 Å². The summed E-state index contributed by atoms with van der Waals surface area (Å²) >= 11 is 2.23. The molecular formula is C6H8IN5. The van der Waals surface area contributed by atoms with Crippen molar-refractivity contribution in [3.05, 3.63) is 12.0 Å². The lowest BCUT2D eigenvalue weighted by Gasteiger charge is -1.92. The monoisotopic (exact) mass is 277 g/mol. The smallest absolute Gasteiger partial charge is 0.178 e. The Kier molecular flexibility index (Phi) is 1.71. The normalized spacial score (nSPS) is 11.2. The summed E-state index contributed by atoms with van der Waals surface area (Å²) in [4.78, 5) is 0. The van der Waals surface area contributed by atoms with Crippen molar-refractivity contribution >= 4 is 33.9 Å². The van der Waals surface area contributed by atoms with Gasteiger partial charge in [0.15, 0.2) is 5.65 Å². The van der Waals surface area contributed by atoms with E-state index in [1.165, 1.54) is 0 Å². The molecule has 0 saturated carbocycles. The predicted molar refractivity (Wildman–Crippen MR) is 54.1 cm³/mol. The first-order valence-corrected chi connectivity index (χ1v) is 4.99. The van der Waals surface area contributed by atoms with Crippen molar-refractivity contribution < 1.29 is 0 Å². The van der Waals surface area contributed by atoms with Gasteiger partial charge in [-0.15, -0.1) is 0 Å². The van der Waals surface area contributed by atoms with Gasteiger partial charge in [-0.3, -0.25) is 0 Å². The van der Waals surface area contributed by atoms with Crippen LogP contribution in [0.25, 0.3) is 5.65 Å². The summed E-state index contributed by atoms with van der Waals surface area (Å²) in [5.41, 5.74) is 7.27. The number of nitrogens with zero attached hydrogens (tertiary/aromatic N) is 4. The van der Waals surface area contributed by atoms with E-state index < -0.39 is 0 Å². The van der Waals surface area contributed by atoms with Crippen molar-refractivity contribution in [2.24, 2.45) is 0 Å². The first-order chi connectivity index (χ1) is 5.74. The molecule has 0 radical (unpaired) electrons. The lowest BCUT2D eigenvalue weighted by atomic mass is 10.6. The number of rotatable bonds is 1. The van der Waals surface area contributed by atoms with Gasteiger partial charge in [0.05, 0.1) is 16.4 Å². The lowest BCUT2D eigenvalue weighted by molar-refractivity contribution is 0.781. The van der Waals surface area contributed by atoms with E-state index in [4.69, 9.17) is 5.73 Å². The molecule has 0 aromatic carbocycles. The Labute approximate surface area is 82.7 Å². The second-order valence-electron chi connectivity index (χ2n) is 2.50. The molecule has 0 spiro atoms. The van der Waals surface area contributed by atoms with E-state index in [0.29, 0.717) is 5.69 Å².